The predicted octanol–water partition coefficient (Wildman–Crippen LogP) is 2.14. The number of nitrogens with one attached hydrogen (secondary N) is 1. The van der Waals surface area contributed by atoms with Crippen LogP contribution in [-0.2, 0) is 0 Å². The first-order valence-corrected chi connectivity index (χ1v) is 7.11. The van der Waals surface area contributed by atoms with E-state index in [-0.39, 0.29) is 12.5 Å². The van der Waals surface area contributed by atoms with Gasteiger partial charge in [-0.15, -0.1) is 11.3 Å². The molecule has 0 unspecified atom stereocenters. The van der Waals surface area contributed by atoms with Crippen LogP contribution in [0.5, 0.6) is 5.75 Å². The summed E-state index contributed by atoms with van der Waals surface area (Å²) >= 11 is 1.30. The van der Waals surface area contributed by atoms with Gasteiger partial charge in [-0.1, -0.05) is 11.8 Å². The van der Waals surface area contributed by atoms with Crippen molar-refractivity contribution in [3.8, 4) is 17.6 Å². The van der Waals surface area contributed by atoms with E-state index in [1.807, 2.05) is 0 Å². The molecule has 0 fully saturated rings. The molecule has 2 heterocycles. The van der Waals surface area contributed by atoms with Gasteiger partial charge in [0.25, 0.3) is 5.91 Å². The molecule has 0 atom stereocenters. The Kier molecular flexibility index (Phi) is 5.32. The first kappa shape index (κ1) is 15.0. The molecule has 5 nitrogen and oxygen atoms in total. The van der Waals surface area contributed by atoms with Gasteiger partial charge >= 0.3 is 0 Å². The third kappa shape index (κ3) is 4.05. The van der Waals surface area contributed by atoms with Crippen LogP contribution in [0.15, 0.2) is 29.8 Å². The summed E-state index contributed by atoms with van der Waals surface area (Å²) in [7, 11) is 1.52. The van der Waals surface area contributed by atoms with E-state index in [0.717, 1.165) is 5.56 Å². The molecule has 0 saturated carbocycles. The van der Waals surface area contributed by atoms with Crippen LogP contribution >= 0.6 is 11.3 Å². The number of nitrogens with zero attached hydrogens (tertiary/aromatic N) is 1. The van der Waals surface area contributed by atoms with Crippen molar-refractivity contribution < 1.29 is 14.6 Å². The minimum atomic E-state index is -0.269. The van der Waals surface area contributed by atoms with Crippen molar-refractivity contribution in [2.75, 3.05) is 19.0 Å². The van der Waals surface area contributed by atoms with Gasteiger partial charge in [0.05, 0.1) is 13.7 Å². The van der Waals surface area contributed by atoms with E-state index in [2.05, 4.69) is 22.1 Å². The third-order valence-electron chi connectivity index (χ3n) is 2.53. The fourth-order valence-corrected chi connectivity index (χ4v) is 2.35. The van der Waals surface area contributed by atoms with Crippen molar-refractivity contribution >= 4 is 23.1 Å². The van der Waals surface area contributed by atoms with Gasteiger partial charge in [0.1, 0.15) is 16.4 Å². The minimum absolute atomic E-state index is 0.0276. The SMILES string of the molecule is COc1ccsc1C(=O)Nc1cc(C#CCCO)ccn1. The van der Waals surface area contributed by atoms with Crippen LogP contribution in [-0.4, -0.2) is 29.7 Å². The Morgan fingerprint density at radius 2 is 2.38 bits per heavy atom. The Balaban J connectivity index is 2.11. The van der Waals surface area contributed by atoms with E-state index < -0.39 is 0 Å². The Bertz CT molecular complexity index is 685. The van der Waals surface area contributed by atoms with Crippen LogP contribution in [0.4, 0.5) is 5.82 Å². The molecule has 0 bridgehead atoms. The Morgan fingerprint density at radius 1 is 1.52 bits per heavy atom. The van der Waals surface area contributed by atoms with Crippen LogP contribution in [0.2, 0.25) is 0 Å². The topological polar surface area (TPSA) is 71.5 Å². The number of anilines is 1. The number of amides is 1. The molecule has 0 radical (unpaired) electrons. The van der Waals surface area contributed by atoms with Gasteiger partial charge in [0.2, 0.25) is 0 Å². The lowest BCUT2D eigenvalue weighted by Crippen LogP contribution is -2.12. The normalized spacial score (nSPS) is 9.62. The second kappa shape index (κ2) is 7.43. The lowest BCUT2D eigenvalue weighted by atomic mass is 10.2. The molecule has 2 rings (SSSR count). The number of ether oxygens (including phenoxy) is 1. The van der Waals surface area contributed by atoms with Gasteiger partial charge in [-0.25, -0.2) is 4.98 Å². The maximum absolute atomic E-state index is 12.1. The smallest absolute Gasteiger partial charge is 0.270 e. The van der Waals surface area contributed by atoms with Crippen LogP contribution < -0.4 is 10.1 Å². The highest BCUT2D eigenvalue weighted by Crippen LogP contribution is 2.25. The van der Waals surface area contributed by atoms with Crippen molar-refractivity contribution in [1.82, 2.24) is 4.98 Å². The number of carbonyl (C=O) groups is 1. The fourth-order valence-electron chi connectivity index (χ4n) is 1.59. The van der Waals surface area contributed by atoms with Gasteiger partial charge in [0.15, 0.2) is 0 Å². The summed E-state index contributed by atoms with van der Waals surface area (Å²) in [5, 5.41) is 13.2. The molecule has 0 aliphatic rings. The molecule has 6 heteroatoms. The highest BCUT2D eigenvalue weighted by Gasteiger charge is 2.14. The van der Waals surface area contributed by atoms with Crippen molar-refractivity contribution in [1.29, 1.82) is 0 Å². The van der Waals surface area contributed by atoms with Crippen LogP contribution in [0.1, 0.15) is 21.7 Å². The number of hydrogen-bond donors (Lipinski definition) is 2. The third-order valence-corrected chi connectivity index (χ3v) is 3.42. The Morgan fingerprint density at radius 3 is 3.14 bits per heavy atom. The first-order valence-electron chi connectivity index (χ1n) is 6.23. The number of hydrogen-bond acceptors (Lipinski definition) is 5. The summed E-state index contributed by atoms with van der Waals surface area (Å²) < 4.78 is 5.12. The van der Waals surface area contributed by atoms with Crippen LogP contribution in [0.3, 0.4) is 0 Å². The van der Waals surface area contributed by atoms with Crippen LogP contribution in [0, 0.1) is 11.8 Å². The minimum Gasteiger partial charge on any atom is -0.495 e. The fraction of sp³-hybridized carbons (Fsp3) is 0.200. The van der Waals surface area contributed by atoms with E-state index in [1.54, 1.807) is 29.8 Å². The Labute approximate surface area is 126 Å². The standard InChI is InChI=1S/C15H14N2O3S/c1-20-12-6-9-21-14(12)15(19)17-13-10-11(5-7-16-13)4-2-3-8-18/h5-7,9-10,18H,3,8H2,1H3,(H,16,17,19). The number of methoxy groups -OCH3 is 1. The number of aliphatic hydroxyl groups excluding tert-OH is 1. The highest BCUT2D eigenvalue weighted by molar-refractivity contribution is 7.12. The molecular formula is C15H14N2O3S. The van der Waals surface area contributed by atoms with Gasteiger partial charge in [-0.2, -0.15) is 0 Å². The maximum Gasteiger partial charge on any atom is 0.270 e. The van der Waals surface area contributed by atoms with E-state index in [1.165, 1.54) is 18.4 Å². The lowest BCUT2D eigenvalue weighted by Gasteiger charge is -2.05. The quantitative estimate of drug-likeness (QED) is 0.849. The maximum atomic E-state index is 12.1. The van der Waals surface area contributed by atoms with E-state index >= 15 is 0 Å². The number of thiophene rings is 1. The molecule has 0 aliphatic carbocycles. The van der Waals surface area contributed by atoms with E-state index in [4.69, 9.17) is 9.84 Å². The zero-order valence-electron chi connectivity index (χ0n) is 11.4. The second-order valence-corrected chi connectivity index (χ2v) is 4.89. The summed E-state index contributed by atoms with van der Waals surface area (Å²) in [5.41, 5.74) is 0.729. The molecule has 2 aromatic rings. The molecule has 108 valence electrons. The summed E-state index contributed by atoms with van der Waals surface area (Å²) in [5.74, 6) is 6.40. The Hall–Kier alpha value is -2.36. The van der Waals surface area contributed by atoms with Gasteiger partial charge < -0.3 is 15.2 Å². The van der Waals surface area contributed by atoms with E-state index in [9.17, 15) is 4.79 Å². The molecule has 21 heavy (non-hydrogen) atoms. The van der Waals surface area contributed by atoms with Gasteiger partial charge in [-0.3, -0.25) is 4.79 Å². The molecule has 0 spiro atoms. The average molecular weight is 302 g/mol. The molecule has 2 N–H and O–H groups in total. The molecule has 0 aliphatic heterocycles. The zero-order chi connectivity index (χ0) is 15.1. The highest BCUT2D eigenvalue weighted by atomic mass is 32.1. The summed E-state index contributed by atoms with van der Waals surface area (Å²) in [6.45, 7) is 0.0276. The number of pyridine rings is 1. The van der Waals surface area contributed by atoms with Crippen molar-refractivity contribution in [3.63, 3.8) is 0 Å². The molecule has 1 amide bonds. The second-order valence-electron chi connectivity index (χ2n) is 3.98. The largest absolute Gasteiger partial charge is 0.495 e. The van der Waals surface area contributed by atoms with Gasteiger partial charge in [0, 0.05) is 18.2 Å². The first-order chi connectivity index (χ1) is 10.2. The zero-order valence-corrected chi connectivity index (χ0v) is 12.2. The summed E-state index contributed by atoms with van der Waals surface area (Å²) in [4.78, 5) is 16.7. The predicted molar refractivity (Wildman–Crippen MR) is 81.6 cm³/mol. The average Bonchev–Trinajstić information content (AvgIpc) is 2.96. The summed E-state index contributed by atoms with van der Waals surface area (Å²) in [6.07, 6.45) is 1.99. The molecule has 0 saturated heterocycles. The number of rotatable bonds is 4. The summed E-state index contributed by atoms with van der Waals surface area (Å²) in [6, 6.07) is 5.16. The molecule has 0 aromatic carbocycles. The van der Waals surface area contributed by atoms with E-state index in [0.29, 0.717) is 22.9 Å². The number of aliphatic hydroxyl groups is 1. The van der Waals surface area contributed by atoms with Crippen molar-refractivity contribution in [2.45, 2.75) is 6.42 Å². The number of aromatic nitrogens is 1. The van der Waals surface area contributed by atoms with Crippen molar-refractivity contribution in [3.05, 3.63) is 40.2 Å². The van der Waals surface area contributed by atoms with Crippen molar-refractivity contribution in [2.24, 2.45) is 0 Å². The van der Waals surface area contributed by atoms with Gasteiger partial charge in [-0.05, 0) is 23.6 Å². The number of carbonyl (C=O) groups excluding carboxylic acids is 1. The lowest BCUT2D eigenvalue weighted by molar-refractivity contribution is 0.102. The molecule has 2 aromatic heterocycles. The monoisotopic (exact) mass is 302 g/mol. The molecular weight excluding hydrogens is 288 g/mol. The van der Waals surface area contributed by atoms with Crippen LogP contribution in [0.25, 0.3) is 0 Å².